The van der Waals surface area contributed by atoms with Crippen LogP contribution < -0.4 is 16.4 Å². The molecule has 0 fully saturated rings. The van der Waals surface area contributed by atoms with Gasteiger partial charge in [0.25, 0.3) is 11.8 Å². The van der Waals surface area contributed by atoms with E-state index in [-0.39, 0.29) is 17.5 Å². The van der Waals surface area contributed by atoms with Gasteiger partial charge in [0.05, 0.1) is 5.56 Å². The number of carbonyl (C=O) groups is 3. The third-order valence-electron chi connectivity index (χ3n) is 2.74. The van der Waals surface area contributed by atoms with E-state index < -0.39 is 5.91 Å². The molecule has 0 spiro atoms. The van der Waals surface area contributed by atoms with Gasteiger partial charge >= 0.3 is 0 Å². The number of nitrogens with zero attached hydrogens (tertiary/aromatic N) is 1. The van der Waals surface area contributed by atoms with Crippen molar-refractivity contribution >= 4 is 29.1 Å². The first kappa shape index (κ1) is 15.2. The molecule has 0 aliphatic heterocycles. The van der Waals surface area contributed by atoms with Gasteiger partial charge in [-0.3, -0.25) is 19.4 Å². The second-order valence-electron chi connectivity index (χ2n) is 4.51. The molecule has 4 N–H and O–H groups in total. The SMILES string of the molecule is CC(=O)Nc1ccc(NC(=O)c2ccc(C(N)=O)nc2)cc1. The predicted molar refractivity (Wildman–Crippen MR) is 81.5 cm³/mol. The van der Waals surface area contributed by atoms with Crippen molar-refractivity contribution in [1.29, 1.82) is 0 Å². The summed E-state index contributed by atoms with van der Waals surface area (Å²) in [5.74, 6) is -1.19. The molecule has 0 aliphatic rings. The summed E-state index contributed by atoms with van der Waals surface area (Å²) in [4.78, 5) is 37.7. The largest absolute Gasteiger partial charge is 0.364 e. The number of amides is 3. The zero-order valence-electron chi connectivity index (χ0n) is 11.8. The van der Waals surface area contributed by atoms with Crippen molar-refractivity contribution < 1.29 is 14.4 Å². The van der Waals surface area contributed by atoms with Crippen LogP contribution in [0.5, 0.6) is 0 Å². The van der Waals surface area contributed by atoms with Gasteiger partial charge in [0, 0.05) is 24.5 Å². The van der Waals surface area contributed by atoms with Gasteiger partial charge < -0.3 is 16.4 Å². The van der Waals surface area contributed by atoms with E-state index in [4.69, 9.17) is 5.73 Å². The molecule has 0 saturated heterocycles. The Morgan fingerprint density at radius 1 is 0.955 bits per heavy atom. The number of primary amides is 1. The quantitative estimate of drug-likeness (QED) is 0.791. The first-order valence-electron chi connectivity index (χ1n) is 6.40. The van der Waals surface area contributed by atoms with Crippen molar-refractivity contribution in [3.05, 3.63) is 53.9 Å². The highest BCUT2D eigenvalue weighted by Gasteiger charge is 2.08. The van der Waals surface area contributed by atoms with Crippen LogP contribution in [-0.4, -0.2) is 22.7 Å². The summed E-state index contributed by atoms with van der Waals surface area (Å²) in [5, 5.41) is 5.31. The summed E-state index contributed by atoms with van der Waals surface area (Å²) in [7, 11) is 0. The molecule has 3 amide bonds. The Kier molecular flexibility index (Phi) is 4.47. The Hall–Kier alpha value is -3.22. The minimum atomic E-state index is -0.652. The lowest BCUT2D eigenvalue weighted by molar-refractivity contribution is -0.114. The van der Waals surface area contributed by atoms with E-state index in [1.807, 2.05) is 0 Å². The maximum absolute atomic E-state index is 12.0. The lowest BCUT2D eigenvalue weighted by Gasteiger charge is -2.07. The number of hydrogen-bond acceptors (Lipinski definition) is 4. The maximum atomic E-state index is 12.0. The van der Waals surface area contributed by atoms with Crippen LogP contribution in [-0.2, 0) is 4.79 Å². The van der Waals surface area contributed by atoms with Crippen molar-refractivity contribution in [1.82, 2.24) is 4.98 Å². The van der Waals surface area contributed by atoms with Crippen LogP contribution >= 0.6 is 0 Å². The Bertz CT molecular complexity index is 709. The highest BCUT2D eigenvalue weighted by molar-refractivity contribution is 6.04. The number of pyridine rings is 1. The number of nitrogens with one attached hydrogen (secondary N) is 2. The van der Waals surface area contributed by atoms with Crippen LogP contribution in [0.1, 0.15) is 27.8 Å². The zero-order valence-corrected chi connectivity index (χ0v) is 11.8. The standard InChI is InChI=1S/C15H14N4O3/c1-9(20)18-11-3-5-12(6-4-11)19-15(22)10-2-7-13(14(16)21)17-8-10/h2-8H,1H3,(H2,16,21)(H,18,20)(H,19,22). The molecule has 0 aliphatic carbocycles. The molecule has 0 radical (unpaired) electrons. The van der Waals surface area contributed by atoms with Gasteiger partial charge in [-0.2, -0.15) is 0 Å². The van der Waals surface area contributed by atoms with Crippen molar-refractivity contribution in [2.45, 2.75) is 6.92 Å². The van der Waals surface area contributed by atoms with Crippen LogP contribution in [0.25, 0.3) is 0 Å². The van der Waals surface area contributed by atoms with Crippen molar-refractivity contribution in [3.63, 3.8) is 0 Å². The number of hydrogen-bond donors (Lipinski definition) is 3. The fraction of sp³-hybridized carbons (Fsp3) is 0.0667. The number of rotatable bonds is 4. The third-order valence-corrected chi connectivity index (χ3v) is 2.74. The van der Waals surface area contributed by atoms with Gasteiger partial charge in [-0.1, -0.05) is 0 Å². The van der Waals surface area contributed by atoms with Gasteiger partial charge in [-0.15, -0.1) is 0 Å². The molecule has 7 nitrogen and oxygen atoms in total. The minimum absolute atomic E-state index is 0.0937. The number of benzene rings is 1. The third kappa shape index (κ3) is 3.89. The van der Waals surface area contributed by atoms with Crippen LogP contribution in [0, 0.1) is 0 Å². The molecular formula is C15H14N4O3. The number of nitrogens with two attached hydrogens (primary N) is 1. The molecule has 2 rings (SSSR count). The van der Waals surface area contributed by atoms with Gasteiger partial charge in [-0.05, 0) is 36.4 Å². The summed E-state index contributed by atoms with van der Waals surface area (Å²) >= 11 is 0. The first-order chi connectivity index (χ1) is 10.5. The van der Waals surface area contributed by atoms with Crippen LogP contribution in [0.2, 0.25) is 0 Å². The summed E-state index contributed by atoms with van der Waals surface area (Å²) in [5.41, 5.74) is 6.68. The highest BCUT2D eigenvalue weighted by Crippen LogP contribution is 2.14. The van der Waals surface area contributed by atoms with Crippen LogP contribution in [0.15, 0.2) is 42.6 Å². The average Bonchev–Trinajstić information content (AvgIpc) is 2.49. The molecule has 1 heterocycles. The molecule has 22 heavy (non-hydrogen) atoms. The fourth-order valence-electron chi connectivity index (χ4n) is 1.72. The highest BCUT2D eigenvalue weighted by atomic mass is 16.2. The normalized spacial score (nSPS) is 9.86. The Balaban J connectivity index is 2.05. The van der Waals surface area contributed by atoms with Gasteiger partial charge in [-0.25, -0.2) is 0 Å². The summed E-state index contributed by atoms with van der Waals surface area (Å²) < 4.78 is 0. The van der Waals surface area contributed by atoms with Crippen molar-refractivity contribution in [3.8, 4) is 0 Å². The van der Waals surface area contributed by atoms with Gasteiger partial charge in [0.2, 0.25) is 5.91 Å². The smallest absolute Gasteiger partial charge is 0.267 e. The Morgan fingerprint density at radius 2 is 1.55 bits per heavy atom. The van der Waals surface area contributed by atoms with Crippen LogP contribution in [0.4, 0.5) is 11.4 Å². The number of anilines is 2. The minimum Gasteiger partial charge on any atom is -0.364 e. The predicted octanol–water partition coefficient (Wildman–Crippen LogP) is 1.39. The molecule has 0 bridgehead atoms. The summed E-state index contributed by atoms with van der Waals surface area (Å²) in [6.07, 6.45) is 1.28. The van der Waals surface area contributed by atoms with Crippen molar-refractivity contribution in [2.75, 3.05) is 10.6 Å². The summed E-state index contributed by atoms with van der Waals surface area (Å²) in [6, 6.07) is 9.52. The molecule has 7 heteroatoms. The molecule has 112 valence electrons. The molecule has 2 aromatic rings. The van der Waals surface area contributed by atoms with E-state index in [9.17, 15) is 14.4 Å². The van der Waals surface area contributed by atoms with Gasteiger partial charge in [0.1, 0.15) is 5.69 Å². The van der Waals surface area contributed by atoms with E-state index >= 15 is 0 Å². The van der Waals surface area contributed by atoms with E-state index in [1.54, 1.807) is 24.3 Å². The molecule has 1 aromatic carbocycles. The van der Waals surface area contributed by atoms with E-state index in [1.165, 1.54) is 25.3 Å². The molecule has 1 aromatic heterocycles. The molecular weight excluding hydrogens is 284 g/mol. The lowest BCUT2D eigenvalue weighted by Crippen LogP contribution is -2.15. The molecule has 0 atom stereocenters. The average molecular weight is 298 g/mol. The van der Waals surface area contributed by atoms with E-state index in [2.05, 4.69) is 15.6 Å². The fourth-order valence-corrected chi connectivity index (χ4v) is 1.72. The topological polar surface area (TPSA) is 114 Å². The maximum Gasteiger partial charge on any atom is 0.267 e. The number of carbonyl (C=O) groups excluding carboxylic acids is 3. The Morgan fingerprint density at radius 3 is 2.00 bits per heavy atom. The first-order valence-corrected chi connectivity index (χ1v) is 6.40. The second kappa shape index (κ2) is 6.49. The summed E-state index contributed by atoms with van der Waals surface area (Å²) in [6.45, 7) is 1.42. The van der Waals surface area contributed by atoms with Gasteiger partial charge in [0.15, 0.2) is 0 Å². The van der Waals surface area contributed by atoms with E-state index in [0.717, 1.165) is 0 Å². The zero-order chi connectivity index (χ0) is 16.1. The monoisotopic (exact) mass is 298 g/mol. The number of aromatic nitrogens is 1. The Labute approximate surface area is 126 Å². The van der Waals surface area contributed by atoms with Crippen LogP contribution in [0.3, 0.4) is 0 Å². The van der Waals surface area contributed by atoms with Crippen molar-refractivity contribution in [2.24, 2.45) is 5.73 Å². The van der Waals surface area contributed by atoms with E-state index in [0.29, 0.717) is 16.9 Å². The molecule has 0 unspecified atom stereocenters. The lowest BCUT2D eigenvalue weighted by atomic mass is 10.2. The second-order valence-corrected chi connectivity index (χ2v) is 4.51. The molecule has 0 saturated carbocycles.